The monoisotopic (exact) mass is 724 g/mol. The molecule has 0 saturated heterocycles. The first-order valence-electron chi connectivity index (χ1n) is 18.6. The van der Waals surface area contributed by atoms with Crippen LogP contribution in [0.4, 0.5) is 4.39 Å². The number of hydrogen-bond donors (Lipinski definition) is 0. The third-order valence-corrected chi connectivity index (χ3v) is 8.64. The second-order valence-corrected chi connectivity index (χ2v) is 14.3. The van der Waals surface area contributed by atoms with Gasteiger partial charge < -0.3 is 13.7 Å². The highest BCUT2D eigenvalue weighted by atomic mass is 19.1. The van der Waals surface area contributed by atoms with E-state index >= 15 is 0 Å². The Labute approximate surface area is 323 Å². The van der Waals surface area contributed by atoms with E-state index in [4.69, 9.17) is 0 Å². The van der Waals surface area contributed by atoms with Crippen molar-refractivity contribution in [3.8, 4) is 0 Å². The van der Waals surface area contributed by atoms with Crippen LogP contribution in [0.3, 0.4) is 0 Å². The molecule has 6 aromatic rings. The summed E-state index contributed by atoms with van der Waals surface area (Å²) in [6.07, 6.45) is 2.72. The molecule has 52 heavy (non-hydrogen) atoms. The van der Waals surface area contributed by atoms with Crippen LogP contribution >= 0.6 is 0 Å². The lowest BCUT2D eigenvalue weighted by molar-refractivity contribution is 0.429. The van der Waals surface area contributed by atoms with Crippen molar-refractivity contribution in [3.63, 3.8) is 0 Å². The molecular formula is C44H77BFN6. The molecule has 3 aromatic heterocycles. The number of imidazole rings is 3. The lowest BCUT2D eigenvalue weighted by atomic mass is 9.97. The molecule has 0 aliphatic heterocycles. The molecule has 3 heterocycles. The fraction of sp³-hybridized carbons (Fsp3) is 0.523. The number of nitrogens with zero attached hydrogens (tertiary/aromatic N) is 6. The van der Waals surface area contributed by atoms with Crippen molar-refractivity contribution in [2.24, 2.45) is 33.0 Å². The maximum absolute atomic E-state index is 13.0. The number of hydrogen-bond acceptors (Lipinski definition) is 3. The predicted octanol–water partition coefficient (Wildman–Crippen LogP) is 13.6. The summed E-state index contributed by atoms with van der Waals surface area (Å²) in [6, 6.07) is 21.2. The van der Waals surface area contributed by atoms with Gasteiger partial charge in [-0.15, -0.1) is 0 Å². The van der Waals surface area contributed by atoms with Crippen molar-refractivity contribution in [2.45, 2.75) is 121 Å². The molecule has 1 unspecified atom stereocenters. The van der Waals surface area contributed by atoms with Crippen LogP contribution in [0.1, 0.15) is 144 Å². The van der Waals surface area contributed by atoms with Gasteiger partial charge in [-0.05, 0) is 60.7 Å². The van der Waals surface area contributed by atoms with Gasteiger partial charge in [-0.3, -0.25) is 0 Å². The largest absolute Gasteiger partial charge is 0.331 e. The van der Waals surface area contributed by atoms with Crippen molar-refractivity contribution in [1.29, 1.82) is 0 Å². The van der Waals surface area contributed by atoms with Crippen molar-refractivity contribution in [3.05, 3.63) is 90.0 Å². The molecule has 1 atom stereocenters. The Balaban J connectivity index is -0.000000199. The highest BCUT2D eigenvalue weighted by molar-refractivity contribution is 5.77. The molecule has 3 radical (unpaired) electrons. The van der Waals surface area contributed by atoms with E-state index in [9.17, 15) is 4.39 Å². The van der Waals surface area contributed by atoms with Gasteiger partial charge in [-0.25, -0.2) is 19.3 Å². The van der Waals surface area contributed by atoms with Gasteiger partial charge in [-0.1, -0.05) is 121 Å². The molecule has 6 rings (SSSR count). The van der Waals surface area contributed by atoms with E-state index in [0.717, 1.165) is 51.4 Å². The normalized spacial score (nSPS) is 11.2. The number of para-hydroxylation sites is 4. The number of rotatable bonds is 6. The average Bonchev–Trinajstić information content (AvgIpc) is 3.73. The number of halogens is 1. The predicted molar refractivity (Wildman–Crippen MR) is 236 cm³/mol. The highest BCUT2D eigenvalue weighted by Crippen LogP contribution is 2.22. The van der Waals surface area contributed by atoms with Gasteiger partial charge in [0.1, 0.15) is 23.3 Å². The van der Waals surface area contributed by atoms with E-state index in [1.54, 1.807) is 6.07 Å². The smallest absolute Gasteiger partial charge is 0.125 e. The first-order chi connectivity index (χ1) is 23.7. The molecule has 0 amide bonds. The van der Waals surface area contributed by atoms with E-state index in [1.165, 1.54) is 36.0 Å². The molecule has 0 aliphatic carbocycles. The summed E-state index contributed by atoms with van der Waals surface area (Å²) in [5.41, 5.74) is 6.33. The van der Waals surface area contributed by atoms with Gasteiger partial charge >= 0.3 is 0 Å². The minimum absolute atomic E-state index is 0. The zero-order chi connectivity index (χ0) is 37.7. The fourth-order valence-corrected chi connectivity index (χ4v) is 6.03. The van der Waals surface area contributed by atoms with Gasteiger partial charge in [0, 0.05) is 53.0 Å². The Bertz CT molecular complexity index is 1820. The standard InChI is InChI=1S/C11H13FN2.2C11H14N2.C8H18.C2H6.CH4.B.4H2/c1-7(2)11-13-9-5-4-8(12)6-10(9)14(11)3;2*1-8(2)11-12-9-6-4-5-7-10(9)13(11)3;1-5-8(4)6-7(2)3;1-2;;;;;;/h4-7H,1-3H3;2*4-8H,1-3H3;7-8H,5-6H2,1-4H3;1-2H3;1H4;;4*1H/i;;;;;;;4*1+1. The molecule has 6 nitrogen and oxygen atoms in total. The van der Waals surface area contributed by atoms with E-state index < -0.39 is 0 Å². The highest BCUT2D eigenvalue weighted by Gasteiger charge is 2.12. The van der Waals surface area contributed by atoms with E-state index in [1.807, 2.05) is 49.7 Å². The van der Waals surface area contributed by atoms with E-state index in [-0.39, 0.29) is 27.4 Å². The number of fused-ring (bicyclic) bond motifs is 3. The van der Waals surface area contributed by atoms with Crippen LogP contribution in [0.2, 0.25) is 0 Å². The summed E-state index contributed by atoms with van der Waals surface area (Å²) in [7, 11) is 6.07. The lowest BCUT2D eigenvalue weighted by Gasteiger charge is -2.09. The molecule has 0 fully saturated rings. The van der Waals surface area contributed by atoms with Crippen molar-refractivity contribution >= 4 is 41.5 Å². The quantitative estimate of drug-likeness (QED) is 0.161. The third kappa shape index (κ3) is 12.9. The first kappa shape index (κ1) is 48.1. The van der Waals surface area contributed by atoms with Crippen molar-refractivity contribution < 1.29 is 10.1 Å². The molecule has 3 aromatic carbocycles. The lowest BCUT2D eigenvalue weighted by Crippen LogP contribution is -1.99. The van der Waals surface area contributed by atoms with Gasteiger partial charge in [0.05, 0.1) is 33.1 Å². The zero-order valence-corrected chi connectivity index (χ0v) is 34.3. The zero-order valence-electron chi connectivity index (χ0n) is 34.3. The topological polar surface area (TPSA) is 53.5 Å². The molecule has 0 bridgehead atoms. The summed E-state index contributed by atoms with van der Waals surface area (Å²) < 4.78 is 19.3. The Kier molecular flexibility index (Phi) is 21.2. The summed E-state index contributed by atoms with van der Waals surface area (Å²) >= 11 is 0. The molecule has 0 N–H and O–H groups in total. The van der Waals surface area contributed by atoms with Gasteiger partial charge in [-0.2, -0.15) is 0 Å². The molecule has 293 valence electrons. The van der Waals surface area contributed by atoms with E-state index in [0.29, 0.717) is 17.8 Å². The van der Waals surface area contributed by atoms with Crippen LogP contribution in [-0.2, 0) is 21.1 Å². The minimum atomic E-state index is -0.212. The molecular weight excluding hydrogens is 642 g/mol. The van der Waals surface area contributed by atoms with Crippen molar-refractivity contribution in [2.75, 3.05) is 0 Å². The van der Waals surface area contributed by atoms with Crippen LogP contribution in [-0.4, -0.2) is 37.1 Å². The first-order valence-corrected chi connectivity index (χ1v) is 18.6. The van der Waals surface area contributed by atoms with Gasteiger partial charge in [0.15, 0.2) is 0 Å². The Morgan fingerprint density at radius 2 is 0.923 bits per heavy atom. The molecule has 8 heteroatoms. The Hall–Kier alpha value is -3.94. The molecule has 0 saturated carbocycles. The van der Waals surface area contributed by atoms with Crippen molar-refractivity contribution in [1.82, 2.24) is 28.7 Å². The van der Waals surface area contributed by atoms with Crippen LogP contribution < -0.4 is 0 Å². The minimum Gasteiger partial charge on any atom is -0.331 e. The SMILES string of the molecule is C.CC.CC(C)c1nc2ccc(F)cc2n1C.CC(C)c1nc2ccccc2n1C.CC(C)c1nc2ccccc2n1C.CCC(C)CC(C)C.[2HH].[2HH].[2HH].[2HH].[B]. The summed E-state index contributed by atoms with van der Waals surface area (Å²) in [5.74, 6) is 6.22. The Morgan fingerprint density at radius 3 is 1.23 bits per heavy atom. The van der Waals surface area contributed by atoms with Crippen LogP contribution in [0.25, 0.3) is 33.1 Å². The van der Waals surface area contributed by atoms with Crippen LogP contribution in [0.5, 0.6) is 0 Å². The molecule has 0 spiro atoms. The average molecular weight is 724 g/mol. The second kappa shape index (κ2) is 22.9. The van der Waals surface area contributed by atoms with Crippen LogP contribution in [0.15, 0.2) is 66.7 Å². The summed E-state index contributed by atoms with van der Waals surface area (Å²) in [5, 5.41) is 0. The Morgan fingerprint density at radius 1 is 0.577 bits per heavy atom. The second-order valence-electron chi connectivity index (χ2n) is 14.3. The summed E-state index contributed by atoms with van der Waals surface area (Å²) in [6.45, 7) is 26.0. The summed E-state index contributed by atoms with van der Waals surface area (Å²) in [4.78, 5) is 13.6. The molecule has 0 aliphatic rings. The number of aryl methyl sites for hydroxylation is 3. The number of aromatic nitrogens is 6. The number of benzene rings is 3. The van der Waals surface area contributed by atoms with E-state index in [2.05, 4.69) is 132 Å². The van der Waals surface area contributed by atoms with Gasteiger partial charge in [0.25, 0.3) is 0 Å². The maximum atomic E-state index is 13.0. The third-order valence-electron chi connectivity index (χ3n) is 8.64. The van der Waals surface area contributed by atoms with Gasteiger partial charge in [0.2, 0.25) is 0 Å². The fourth-order valence-electron chi connectivity index (χ4n) is 6.03. The maximum Gasteiger partial charge on any atom is 0.125 e. The van der Waals surface area contributed by atoms with Crippen LogP contribution in [0, 0.1) is 17.7 Å².